The Hall–Kier alpha value is -2.90. The third-order valence-electron chi connectivity index (χ3n) is 3.07. The number of hydrogen-bond donors (Lipinski definition) is 1. The molecule has 130 valence electrons. The minimum absolute atomic E-state index is 0.0763. The molecule has 2 aromatic carbocycles. The number of halogens is 1. The predicted molar refractivity (Wildman–Crippen MR) is 94.7 cm³/mol. The topological polar surface area (TPSA) is 90.7 Å². The van der Waals surface area contributed by atoms with Crippen molar-refractivity contribution in [2.24, 2.45) is 0 Å². The lowest BCUT2D eigenvalue weighted by molar-refractivity contribution is -0.383. The molecule has 2 rings (SSSR count). The fraction of sp³-hybridized carbons (Fsp3) is 0.118. The van der Waals surface area contributed by atoms with Gasteiger partial charge in [-0.2, -0.15) is 0 Å². The zero-order valence-corrected chi connectivity index (χ0v) is 14.0. The maximum absolute atomic E-state index is 12.0. The molecule has 0 fully saturated rings. The van der Waals surface area contributed by atoms with Crippen molar-refractivity contribution in [2.75, 3.05) is 19.2 Å². The third kappa shape index (κ3) is 5.59. The minimum Gasteiger partial charge on any atom is -0.468 e. The molecule has 1 amide bonds. The van der Waals surface area contributed by atoms with Crippen LogP contribution in [-0.2, 0) is 9.53 Å². The quantitative estimate of drug-likeness (QED) is 0.349. The summed E-state index contributed by atoms with van der Waals surface area (Å²) in [7, 11) is 1.53. The highest BCUT2D eigenvalue weighted by atomic mass is 35.5. The molecule has 0 unspecified atom stereocenters. The summed E-state index contributed by atoms with van der Waals surface area (Å²) >= 11 is 5.73. The Bertz CT molecular complexity index is 790. The average Bonchev–Trinajstić information content (AvgIpc) is 2.60. The Morgan fingerprint density at radius 1 is 1.28 bits per heavy atom. The highest BCUT2D eigenvalue weighted by Gasteiger charge is 2.15. The molecule has 1 N–H and O–H groups in total. The Labute approximate surface area is 149 Å². The van der Waals surface area contributed by atoms with E-state index in [4.69, 9.17) is 21.1 Å². The zero-order valence-electron chi connectivity index (χ0n) is 13.3. The molecule has 0 bridgehead atoms. The number of rotatable bonds is 7. The summed E-state index contributed by atoms with van der Waals surface area (Å²) in [6.07, 6.45) is 2.86. The largest absolute Gasteiger partial charge is 0.468 e. The lowest BCUT2D eigenvalue weighted by Gasteiger charge is -2.05. The number of ether oxygens (including phenoxy) is 2. The van der Waals surface area contributed by atoms with Crippen LogP contribution in [-0.4, -0.2) is 24.7 Å². The highest BCUT2D eigenvalue weighted by molar-refractivity contribution is 6.31. The summed E-state index contributed by atoms with van der Waals surface area (Å²) in [5.41, 5.74) is 0.576. The Morgan fingerprint density at radius 3 is 2.64 bits per heavy atom. The van der Waals surface area contributed by atoms with Crippen LogP contribution >= 0.6 is 11.6 Å². The fourth-order valence-electron chi connectivity index (χ4n) is 1.91. The van der Waals surface area contributed by atoms with Gasteiger partial charge >= 0.3 is 0 Å². The van der Waals surface area contributed by atoms with Gasteiger partial charge in [0.1, 0.15) is 11.4 Å². The minimum atomic E-state index is -0.607. The van der Waals surface area contributed by atoms with E-state index in [1.54, 1.807) is 30.3 Å². The van der Waals surface area contributed by atoms with E-state index < -0.39 is 10.8 Å². The van der Waals surface area contributed by atoms with Crippen LogP contribution in [0.25, 0.3) is 6.08 Å². The maximum Gasteiger partial charge on any atom is 0.294 e. The SMILES string of the molecule is COCOc1ccc(/C=C/C(=O)Nc2ccc(Cl)cc2[N+](=O)[O-])cc1. The first-order valence-corrected chi connectivity index (χ1v) is 7.52. The number of nitrogens with zero attached hydrogens (tertiary/aromatic N) is 1. The van der Waals surface area contributed by atoms with Crippen LogP contribution in [0.15, 0.2) is 48.5 Å². The van der Waals surface area contributed by atoms with Gasteiger partial charge in [0.25, 0.3) is 5.69 Å². The number of carbonyl (C=O) groups excluding carboxylic acids is 1. The molecule has 25 heavy (non-hydrogen) atoms. The molecule has 0 spiro atoms. The molecule has 0 aromatic heterocycles. The molecule has 0 saturated heterocycles. The molecule has 0 atom stereocenters. The van der Waals surface area contributed by atoms with Crippen LogP contribution in [0.5, 0.6) is 5.75 Å². The molecular weight excluding hydrogens is 348 g/mol. The zero-order chi connectivity index (χ0) is 18.2. The van der Waals surface area contributed by atoms with Crippen molar-refractivity contribution in [1.82, 2.24) is 0 Å². The van der Waals surface area contributed by atoms with E-state index in [0.717, 1.165) is 5.56 Å². The molecule has 7 nitrogen and oxygen atoms in total. The number of nitro benzene ring substituents is 1. The van der Waals surface area contributed by atoms with Crippen LogP contribution in [0.3, 0.4) is 0 Å². The van der Waals surface area contributed by atoms with Crippen LogP contribution in [0.2, 0.25) is 5.02 Å². The number of methoxy groups -OCH3 is 1. The molecule has 0 heterocycles. The van der Waals surface area contributed by atoms with Gasteiger partial charge in [-0.3, -0.25) is 14.9 Å². The van der Waals surface area contributed by atoms with Gasteiger partial charge in [0.05, 0.1) is 4.92 Å². The monoisotopic (exact) mass is 362 g/mol. The first-order chi connectivity index (χ1) is 12.0. The van der Waals surface area contributed by atoms with Gasteiger partial charge < -0.3 is 14.8 Å². The fourth-order valence-corrected chi connectivity index (χ4v) is 2.08. The summed E-state index contributed by atoms with van der Waals surface area (Å²) < 4.78 is 10.1. The van der Waals surface area contributed by atoms with Crippen molar-refractivity contribution in [1.29, 1.82) is 0 Å². The number of benzene rings is 2. The van der Waals surface area contributed by atoms with Gasteiger partial charge in [0.15, 0.2) is 6.79 Å². The molecule has 8 heteroatoms. The number of carbonyl (C=O) groups is 1. The number of nitro groups is 1. The normalized spacial score (nSPS) is 10.6. The van der Waals surface area contributed by atoms with Gasteiger partial charge in [-0.25, -0.2) is 0 Å². The second-order valence-electron chi connectivity index (χ2n) is 4.86. The van der Waals surface area contributed by atoms with E-state index in [0.29, 0.717) is 5.75 Å². The van der Waals surface area contributed by atoms with E-state index in [1.165, 1.54) is 31.4 Å². The molecule has 0 aliphatic heterocycles. The molecule has 2 aromatic rings. The van der Waals surface area contributed by atoms with Gasteiger partial charge in [0, 0.05) is 24.3 Å². The average molecular weight is 363 g/mol. The Kier molecular flexibility index (Phi) is 6.50. The predicted octanol–water partition coefficient (Wildman–Crippen LogP) is 3.88. The molecule has 0 saturated carbocycles. The van der Waals surface area contributed by atoms with Gasteiger partial charge in [-0.1, -0.05) is 23.7 Å². The Balaban J connectivity index is 2.02. The van der Waals surface area contributed by atoms with Crippen LogP contribution in [0.1, 0.15) is 5.56 Å². The second-order valence-corrected chi connectivity index (χ2v) is 5.30. The molecule has 0 aliphatic rings. The van der Waals surface area contributed by atoms with Crippen molar-refractivity contribution >= 4 is 35.0 Å². The smallest absolute Gasteiger partial charge is 0.294 e. The van der Waals surface area contributed by atoms with E-state index in [2.05, 4.69) is 5.32 Å². The van der Waals surface area contributed by atoms with Crippen molar-refractivity contribution in [3.8, 4) is 5.75 Å². The van der Waals surface area contributed by atoms with Crippen molar-refractivity contribution in [2.45, 2.75) is 0 Å². The number of nitrogens with one attached hydrogen (secondary N) is 1. The standard InChI is InChI=1S/C17H15ClN2O5/c1-24-11-25-14-6-2-12(3-7-14)4-9-17(21)19-15-8-5-13(18)10-16(15)20(22)23/h2-10H,11H2,1H3,(H,19,21)/b9-4+. The van der Waals surface area contributed by atoms with Gasteiger partial charge in [0.2, 0.25) is 5.91 Å². The first kappa shape index (κ1) is 18.4. The van der Waals surface area contributed by atoms with Crippen LogP contribution < -0.4 is 10.1 Å². The number of anilines is 1. The summed E-state index contributed by atoms with van der Waals surface area (Å²) in [6.45, 7) is 0.150. The van der Waals surface area contributed by atoms with E-state index in [1.807, 2.05) is 0 Å². The summed E-state index contributed by atoms with van der Waals surface area (Å²) in [5.74, 6) is 0.144. The summed E-state index contributed by atoms with van der Waals surface area (Å²) in [6, 6.07) is 11.0. The Morgan fingerprint density at radius 2 is 2.00 bits per heavy atom. The second kappa shape index (κ2) is 8.81. The molecular formula is C17H15ClN2O5. The van der Waals surface area contributed by atoms with Gasteiger partial charge in [-0.05, 0) is 35.9 Å². The number of hydrogen-bond acceptors (Lipinski definition) is 5. The van der Waals surface area contributed by atoms with Crippen molar-refractivity contribution in [3.63, 3.8) is 0 Å². The van der Waals surface area contributed by atoms with E-state index >= 15 is 0 Å². The lowest BCUT2D eigenvalue weighted by atomic mass is 10.2. The van der Waals surface area contributed by atoms with E-state index in [-0.39, 0.29) is 23.2 Å². The van der Waals surface area contributed by atoms with Crippen molar-refractivity contribution < 1.29 is 19.2 Å². The molecule has 0 radical (unpaired) electrons. The van der Waals surface area contributed by atoms with Gasteiger partial charge in [-0.15, -0.1) is 0 Å². The number of amides is 1. The lowest BCUT2D eigenvalue weighted by Crippen LogP contribution is -2.09. The van der Waals surface area contributed by atoms with Crippen LogP contribution in [0.4, 0.5) is 11.4 Å². The maximum atomic E-state index is 12.0. The third-order valence-corrected chi connectivity index (χ3v) is 3.30. The highest BCUT2D eigenvalue weighted by Crippen LogP contribution is 2.27. The summed E-state index contributed by atoms with van der Waals surface area (Å²) in [5, 5.41) is 13.7. The van der Waals surface area contributed by atoms with Crippen LogP contribution in [0, 0.1) is 10.1 Å². The van der Waals surface area contributed by atoms with Crippen molar-refractivity contribution in [3.05, 3.63) is 69.2 Å². The van der Waals surface area contributed by atoms with E-state index in [9.17, 15) is 14.9 Å². The first-order valence-electron chi connectivity index (χ1n) is 7.14. The molecule has 0 aliphatic carbocycles. The summed E-state index contributed by atoms with van der Waals surface area (Å²) in [4.78, 5) is 22.4.